The fourth-order valence-corrected chi connectivity index (χ4v) is 7.93. The van der Waals surface area contributed by atoms with Crippen LogP contribution < -0.4 is 5.32 Å². The Bertz CT molecular complexity index is 762. The van der Waals surface area contributed by atoms with Gasteiger partial charge in [0, 0.05) is 29.9 Å². The van der Waals surface area contributed by atoms with E-state index in [4.69, 9.17) is 0 Å². The van der Waals surface area contributed by atoms with E-state index in [9.17, 15) is 4.79 Å². The molecule has 0 bridgehead atoms. The Morgan fingerprint density at radius 3 is 2.81 bits per heavy atom. The molecule has 4 nitrogen and oxygen atoms in total. The standard InChI is InChI=1S/C22H31N3OS/c1-21-10-8-16-14(4-7-18-22(16,2)11-9-20(26)25(18)3)15(21)5-6-17(21)24-19-12-27-13-23-19/h9,11-18,24H,4-8,10H2,1-3H3/t14-,15-,16-,17-,18+,21-,22+/m0/s1. The van der Waals surface area contributed by atoms with Crippen molar-refractivity contribution in [2.75, 3.05) is 12.4 Å². The van der Waals surface area contributed by atoms with Gasteiger partial charge in [0.1, 0.15) is 5.82 Å². The summed E-state index contributed by atoms with van der Waals surface area (Å²) in [4.78, 5) is 18.7. The summed E-state index contributed by atoms with van der Waals surface area (Å²) < 4.78 is 0. The van der Waals surface area contributed by atoms with Crippen molar-refractivity contribution in [3.63, 3.8) is 0 Å². The molecule has 0 unspecified atom stereocenters. The van der Waals surface area contributed by atoms with Gasteiger partial charge in [-0.2, -0.15) is 0 Å². The number of rotatable bonds is 2. The van der Waals surface area contributed by atoms with Crippen molar-refractivity contribution in [3.8, 4) is 0 Å². The van der Waals surface area contributed by atoms with E-state index in [0.29, 0.717) is 23.4 Å². The van der Waals surface area contributed by atoms with E-state index in [-0.39, 0.29) is 11.3 Å². The monoisotopic (exact) mass is 385 g/mol. The zero-order valence-electron chi connectivity index (χ0n) is 16.6. The third kappa shape index (κ3) is 2.46. The number of likely N-dealkylation sites (N-methyl/N-ethyl adjacent to an activating group) is 1. The van der Waals surface area contributed by atoms with Gasteiger partial charge >= 0.3 is 0 Å². The summed E-state index contributed by atoms with van der Waals surface area (Å²) in [5.41, 5.74) is 2.44. The van der Waals surface area contributed by atoms with Crippen molar-refractivity contribution in [1.82, 2.24) is 9.88 Å². The predicted octanol–water partition coefficient (Wildman–Crippen LogP) is 4.56. The molecule has 1 aliphatic heterocycles. The van der Waals surface area contributed by atoms with Gasteiger partial charge in [-0.1, -0.05) is 19.9 Å². The van der Waals surface area contributed by atoms with Crippen molar-refractivity contribution in [3.05, 3.63) is 23.0 Å². The predicted molar refractivity (Wildman–Crippen MR) is 110 cm³/mol. The molecule has 0 radical (unpaired) electrons. The van der Waals surface area contributed by atoms with E-state index in [1.165, 1.54) is 32.1 Å². The van der Waals surface area contributed by atoms with Gasteiger partial charge in [0.05, 0.1) is 5.51 Å². The molecule has 3 saturated carbocycles. The van der Waals surface area contributed by atoms with E-state index in [0.717, 1.165) is 24.1 Å². The van der Waals surface area contributed by atoms with Crippen LogP contribution in [0.3, 0.4) is 0 Å². The van der Waals surface area contributed by atoms with Crippen LogP contribution in [0.1, 0.15) is 52.4 Å². The first-order valence-electron chi connectivity index (χ1n) is 10.5. The van der Waals surface area contributed by atoms with E-state index >= 15 is 0 Å². The van der Waals surface area contributed by atoms with E-state index in [1.54, 1.807) is 11.3 Å². The lowest BCUT2D eigenvalue weighted by Gasteiger charge is -2.60. The van der Waals surface area contributed by atoms with Crippen LogP contribution in [0.5, 0.6) is 0 Å². The Labute approximate surface area is 166 Å². The molecule has 7 atom stereocenters. The molecule has 0 aromatic carbocycles. The third-order valence-corrected chi connectivity index (χ3v) is 9.47. The van der Waals surface area contributed by atoms with Gasteiger partial charge in [0.25, 0.3) is 0 Å². The number of aromatic nitrogens is 1. The molecule has 0 spiro atoms. The molecular formula is C22H31N3OS. The Morgan fingerprint density at radius 2 is 2.04 bits per heavy atom. The number of amides is 1. The quantitative estimate of drug-likeness (QED) is 0.811. The smallest absolute Gasteiger partial charge is 0.246 e. The second-order valence-corrected chi connectivity index (χ2v) is 10.5. The van der Waals surface area contributed by atoms with Crippen LogP contribution in [-0.4, -0.2) is 34.9 Å². The van der Waals surface area contributed by atoms with E-state index < -0.39 is 0 Å². The van der Waals surface area contributed by atoms with Crippen LogP contribution in [0.4, 0.5) is 5.82 Å². The summed E-state index contributed by atoms with van der Waals surface area (Å²) in [7, 11) is 2.01. The number of fused-ring (bicyclic) bond motifs is 5. The summed E-state index contributed by atoms with van der Waals surface area (Å²) in [6, 6.07) is 0.924. The van der Waals surface area contributed by atoms with Crippen LogP contribution >= 0.6 is 11.3 Å². The van der Waals surface area contributed by atoms with Crippen molar-refractivity contribution in [1.29, 1.82) is 0 Å². The summed E-state index contributed by atoms with van der Waals surface area (Å²) in [6.07, 6.45) is 11.7. The Hall–Kier alpha value is -1.36. The average molecular weight is 386 g/mol. The number of nitrogens with one attached hydrogen (secondary N) is 1. The van der Waals surface area contributed by atoms with Gasteiger partial charge in [-0.05, 0) is 67.8 Å². The third-order valence-electron chi connectivity index (χ3n) is 8.88. The normalized spacial score (nSPS) is 46.0. The molecule has 1 N–H and O–H groups in total. The molecule has 0 saturated heterocycles. The minimum absolute atomic E-state index is 0.146. The number of carbonyl (C=O) groups excluding carboxylic acids is 1. The molecule has 1 amide bonds. The highest BCUT2D eigenvalue weighted by Crippen LogP contribution is 2.64. The summed E-state index contributed by atoms with van der Waals surface area (Å²) in [6.45, 7) is 4.96. The molecule has 5 heteroatoms. The number of thiazole rings is 1. The largest absolute Gasteiger partial charge is 0.366 e. The van der Waals surface area contributed by atoms with Crippen LogP contribution in [-0.2, 0) is 4.79 Å². The fraction of sp³-hybridized carbons (Fsp3) is 0.727. The molecule has 27 heavy (non-hydrogen) atoms. The lowest BCUT2D eigenvalue weighted by molar-refractivity contribution is -0.138. The average Bonchev–Trinajstić information content (AvgIpc) is 3.27. The van der Waals surface area contributed by atoms with Crippen LogP contribution in [0.25, 0.3) is 0 Å². The van der Waals surface area contributed by atoms with E-state index in [2.05, 4.69) is 35.6 Å². The minimum atomic E-state index is 0.146. The molecule has 146 valence electrons. The maximum absolute atomic E-state index is 12.2. The lowest BCUT2D eigenvalue weighted by Crippen LogP contribution is -2.60. The number of carbonyl (C=O) groups is 1. The minimum Gasteiger partial charge on any atom is -0.366 e. The Balaban J connectivity index is 1.42. The maximum Gasteiger partial charge on any atom is 0.246 e. The molecule has 3 aliphatic carbocycles. The van der Waals surface area contributed by atoms with Gasteiger partial charge in [-0.3, -0.25) is 4.79 Å². The van der Waals surface area contributed by atoms with E-state index in [1.807, 2.05) is 23.5 Å². The summed E-state index contributed by atoms with van der Waals surface area (Å²) in [5, 5.41) is 5.90. The number of anilines is 1. The van der Waals surface area contributed by atoms with Crippen LogP contribution in [0.15, 0.2) is 23.0 Å². The highest BCUT2D eigenvalue weighted by atomic mass is 32.1. The first-order valence-corrected chi connectivity index (χ1v) is 11.5. The number of hydrogen-bond donors (Lipinski definition) is 1. The van der Waals surface area contributed by atoms with Crippen LogP contribution in [0, 0.1) is 28.6 Å². The Kier molecular flexibility index (Phi) is 3.98. The maximum atomic E-state index is 12.2. The van der Waals surface area contributed by atoms with Gasteiger partial charge < -0.3 is 10.2 Å². The molecule has 5 rings (SSSR count). The van der Waals surface area contributed by atoms with Gasteiger partial charge in [-0.15, -0.1) is 11.3 Å². The SMILES string of the molecule is CN1C(=O)C=C[C@]2(C)[C@H]3CC[C@]4(C)[C@@H](Nc5cscn5)CC[C@H]4[C@@H]3CC[C@@H]12. The summed E-state index contributed by atoms with van der Waals surface area (Å²) in [5.74, 6) is 3.53. The molecular weight excluding hydrogens is 354 g/mol. The highest BCUT2D eigenvalue weighted by molar-refractivity contribution is 7.07. The first kappa shape index (κ1) is 17.7. The highest BCUT2D eigenvalue weighted by Gasteiger charge is 2.60. The Morgan fingerprint density at radius 1 is 1.19 bits per heavy atom. The second-order valence-electron chi connectivity index (χ2n) is 9.81. The number of nitrogens with zero attached hydrogens (tertiary/aromatic N) is 2. The zero-order valence-corrected chi connectivity index (χ0v) is 17.5. The second kappa shape index (κ2) is 6.07. The number of hydrogen-bond acceptors (Lipinski definition) is 4. The summed E-state index contributed by atoms with van der Waals surface area (Å²) >= 11 is 1.67. The van der Waals surface area contributed by atoms with Crippen molar-refractivity contribution >= 4 is 23.1 Å². The molecule has 4 aliphatic rings. The fourth-order valence-electron chi connectivity index (χ4n) is 7.44. The first-order chi connectivity index (χ1) is 12.9. The molecule has 2 heterocycles. The van der Waals surface area contributed by atoms with Gasteiger partial charge in [-0.25, -0.2) is 4.98 Å². The molecule has 1 aromatic rings. The lowest BCUT2D eigenvalue weighted by atomic mass is 9.48. The van der Waals surface area contributed by atoms with Crippen molar-refractivity contribution < 1.29 is 4.79 Å². The van der Waals surface area contributed by atoms with Crippen LogP contribution in [0.2, 0.25) is 0 Å². The van der Waals surface area contributed by atoms with Gasteiger partial charge in [0.2, 0.25) is 5.91 Å². The zero-order chi connectivity index (χ0) is 18.8. The van der Waals surface area contributed by atoms with Gasteiger partial charge in [0.15, 0.2) is 0 Å². The van der Waals surface area contributed by atoms with Crippen molar-refractivity contribution in [2.45, 2.75) is 64.5 Å². The topological polar surface area (TPSA) is 45.2 Å². The molecule has 3 fully saturated rings. The molecule has 1 aromatic heterocycles. The van der Waals surface area contributed by atoms with Crippen molar-refractivity contribution in [2.24, 2.45) is 28.6 Å².